The van der Waals surface area contributed by atoms with Crippen LogP contribution in [0.4, 0.5) is 10.1 Å². The van der Waals surface area contributed by atoms with Gasteiger partial charge in [-0.3, -0.25) is 10.1 Å². The summed E-state index contributed by atoms with van der Waals surface area (Å²) in [5, 5.41) is 19.8. The van der Waals surface area contributed by atoms with Gasteiger partial charge in [0.25, 0.3) is 0 Å². The lowest BCUT2D eigenvalue weighted by Gasteiger charge is -2.03. The van der Waals surface area contributed by atoms with Gasteiger partial charge < -0.3 is 5.11 Å². The van der Waals surface area contributed by atoms with E-state index in [0.29, 0.717) is 4.90 Å². The second-order valence-corrected chi connectivity index (χ2v) is 4.70. The summed E-state index contributed by atoms with van der Waals surface area (Å²) in [4.78, 5) is 25.3. The highest BCUT2D eigenvalue weighted by atomic mass is 32.2. The van der Waals surface area contributed by atoms with Crippen molar-refractivity contribution in [3.63, 3.8) is 0 Å². The van der Waals surface area contributed by atoms with E-state index in [1.807, 2.05) is 0 Å². The normalized spacial score (nSPS) is 10.2. The van der Waals surface area contributed by atoms with E-state index in [9.17, 15) is 19.3 Å². The molecule has 20 heavy (non-hydrogen) atoms. The number of benzene rings is 1. The number of aromatic nitrogens is 1. The number of carboxylic acid groups (broad SMARTS) is 1. The van der Waals surface area contributed by atoms with E-state index in [-0.39, 0.29) is 10.7 Å². The summed E-state index contributed by atoms with van der Waals surface area (Å²) in [6.07, 6.45) is 1.39. The summed E-state index contributed by atoms with van der Waals surface area (Å²) < 4.78 is 13.3. The van der Waals surface area contributed by atoms with E-state index in [0.717, 1.165) is 23.9 Å². The molecule has 0 aliphatic carbocycles. The molecule has 1 aromatic heterocycles. The Morgan fingerprint density at radius 1 is 1.40 bits per heavy atom. The maximum absolute atomic E-state index is 13.3. The minimum atomic E-state index is -1.40. The largest absolute Gasteiger partial charge is 0.478 e. The maximum atomic E-state index is 13.3. The molecule has 2 aromatic rings. The Balaban J connectivity index is 2.38. The quantitative estimate of drug-likeness (QED) is 0.688. The first-order valence-electron chi connectivity index (χ1n) is 5.29. The molecule has 0 fully saturated rings. The van der Waals surface area contributed by atoms with E-state index >= 15 is 0 Å². The third-order valence-electron chi connectivity index (χ3n) is 2.33. The molecule has 102 valence electrons. The summed E-state index contributed by atoms with van der Waals surface area (Å²) in [7, 11) is 0. The van der Waals surface area contributed by atoms with Gasteiger partial charge in [-0.1, -0.05) is 11.8 Å². The highest BCUT2D eigenvalue weighted by Crippen LogP contribution is 2.33. The van der Waals surface area contributed by atoms with Crippen molar-refractivity contribution in [1.82, 2.24) is 4.98 Å². The lowest BCUT2D eigenvalue weighted by Crippen LogP contribution is -2.00. The van der Waals surface area contributed by atoms with Crippen LogP contribution in [0.15, 0.2) is 46.5 Å². The topological polar surface area (TPSA) is 93.3 Å². The van der Waals surface area contributed by atoms with Crippen molar-refractivity contribution in [2.75, 3.05) is 0 Å². The van der Waals surface area contributed by atoms with Gasteiger partial charge in [-0.05, 0) is 24.3 Å². The average Bonchev–Trinajstić information content (AvgIpc) is 2.41. The highest BCUT2D eigenvalue weighted by molar-refractivity contribution is 7.99. The Morgan fingerprint density at radius 2 is 2.15 bits per heavy atom. The van der Waals surface area contributed by atoms with Crippen LogP contribution in [0.3, 0.4) is 0 Å². The van der Waals surface area contributed by atoms with Gasteiger partial charge in [-0.2, -0.15) is 0 Å². The molecule has 0 radical (unpaired) electrons. The summed E-state index contributed by atoms with van der Waals surface area (Å²) in [5.41, 5.74) is -0.688. The van der Waals surface area contributed by atoms with Crippen LogP contribution in [0.25, 0.3) is 0 Å². The number of carbonyl (C=O) groups is 1. The molecule has 0 bridgehead atoms. The van der Waals surface area contributed by atoms with Crippen molar-refractivity contribution >= 4 is 23.4 Å². The first-order chi connectivity index (χ1) is 9.49. The first-order valence-corrected chi connectivity index (χ1v) is 6.11. The highest BCUT2D eigenvalue weighted by Gasteiger charge is 2.17. The van der Waals surface area contributed by atoms with E-state index in [2.05, 4.69) is 4.98 Å². The summed E-state index contributed by atoms with van der Waals surface area (Å²) >= 11 is 0.900. The molecule has 0 aliphatic heterocycles. The molecular formula is C12H7FN2O4S. The van der Waals surface area contributed by atoms with Crippen molar-refractivity contribution in [3.8, 4) is 0 Å². The van der Waals surface area contributed by atoms with Crippen LogP contribution in [-0.4, -0.2) is 21.0 Å². The number of carboxylic acids is 1. The molecule has 0 unspecified atom stereocenters. The van der Waals surface area contributed by atoms with Gasteiger partial charge in [-0.25, -0.2) is 14.2 Å². The van der Waals surface area contributed by atoms with Crippen LogP contribution in [0.5, 0.6) is 0 Å². The number of nitrogens with zero attached hydrogens (tertiary/aromatic N) is 2. The van der Waals surface area contributed by atoms with Gasteiger partial charge in [0.1, 0.15) is 5.82 Å². The minimum absolute atomic E-state index is 0.112. The molecule has 0 amide bonds. The molecule has 2 rings (SSSR count). The van der Waals surface area contributed by atoms with E-state index in [1.54, 1.807) is 0 Å². The van der Waals surface area contributed by atoms with Gasteiger partial charge in [0.15, 0.2) is 5.03 Å². The fourth-order valence-corrected chi connectivity index (χ4v) is 2.34. The zero-order valence-electron chi connectivity index (χ0n) is 9.82. The SMILES string of the molecule is O=C(O)c1cc(Sc2ncccc2[N+](=O)[O-])ccc1F. The monoisotopic (exact) mass is 294 g/mol. The number of hydrogen-bond acceptors (Lipinski definition) is 5. The lowest BCUT2D eigenvalue weighted by molar-refractivity contribution is -0.388. The summed E-state index contributed by atoms with van der Waals surface area (Å²) in [5.74, 6) is -2.27. The Bertz CT molecular complexity index is 693. The van der Waals surface area contributed by atoms with Crippen molar-refractivity contribution in [2.45, 2.75) is 9.92 Å². The van der Waals surface area contributed by atoms with Gasteiger partial charge in [0, 0.05) is 17.2 Å². The predicted molar refractivity (Wildman–Crippen MR) is 68.4 cm³/mol. The molecular weight excluding hydrogens is 287 g/mol. The summed E-state index contributed by atoms with van der Waals surface area (Å²) in [6.45, 7) is 0. The van der Waals surface area contributed by atoms with Crippen molar-refractivity contribution in [1.29, 1.82) is 0 Å². The fraction of sp³-hybridized carbons (Fsp3) is 0. The fourth-order valence-electron chi connectivity index (χ4n) is 1.44. The third-order valence-corrected chi connectivity index (χ3v) is 3.33. The van der Waals surface area contributed by atoms with E-state index in [1.165, 1.54) is 24.4 Å². The van der Waals surface area contributed by atoms with Gasteiger partial charge >= 0.3 is 11.7 Å². The molecule has 0 aliphatic rings. The molecule has 0 atom stereocenters. The van der Waals surface area contributed by atoms with Crippen LogP contribution in [-0.2, 0) is 0 Å². The van der Waals surface area contributed by atoms with Crippen LogP contribution in [0, 0.1) is 15.9 Å². The minimum Gasteiger partial charge on any atom is -0.478 e. The molecule has 6 nitrogen and oxygen atoms in total. The van der Waals surface area contributed by atoms with E-state index in [4.69, 9.17) is 5.11 Å². The first kappa shape index (κ1) is 13.9. The zero-order chi connectivity index (χ0) is 14.7. The lowest BCUT2D eigenvalue weighted by atomic mass is 10.2. The standard InChI is InChI=1S/C12H7FN2O4S/c13-9-4-3-7(6-8(9)12(16)17)20-11-10(15(18)19)2-1-5-14-11/h1-6H,(H,16,17). The second-order valence-electron chi connectivity index (χ2n) is 3.63. The Labute approximate surface area is 116 Å². The van der Waals surface area contributed by atoms with Gasteiger partial charge in [0.2, 0.25) is 0 Å². The Kier molecular flexibility index (Phi) is 3.94. The molecule has 0 saturated heterocycles. The number of nitro groups is 1. The molecule has 1 N–H and O–H groups in total. The summed E-state index contributed by atoms with van der Waals surface area (Å²) in [6, 6.07) is 6.17. The third kappa shape index (κ3) is 2.91. The second kappa shape index (κ2) is 5.66. The molecule has 0 saturated carbocycles. The number of pyridine rings is 1. The number of aromatic carboxylic acids is 1. The number of rotatable bonds is 4. The van der Waals surface area contributed by atoms with Crippen LogP contribution in [0.1, 0.15) is 10.4 Å². The molecule has 8 heteroatoms. The maximum Gasteiger partial charge on any atom is 0.338 e. The van der Waals surface area contributed by atoms with E-state index < -0.39 is 22.3 Å². The van der Waals surface area contributed by atoms with Gasteiger partial charge in [0.05, 0.1) is 10.5 Å². The van der Waals surface area contributed by atoms with Crippen LogP contribution < -0.4 is 0 Å². The smallest absolute Gasteiger partial charge is 0.338 e. The van der Waals surface area contributed by atoms with Crippen LogP contribution in [0.2, 0.25) is 0 Å². The average molecular weight is 294 g/mol. The molecule has 1 heterocycles. The Morgan fingerprint density at radius 3 is 2.80 bits per heavy atom. The molecule has 1 aromatic carbocycles. The van der Waals surface area contributed by atoms with Crippen molar-refractivity contribution in [3.05, 3.63) is 58.0 Å². The number of hydrogen-bond donors (Lipinski definition) is 1. The number of halogens is 1. The van der Waals surface area contributed by atoms with Crippen molar-refractivity contribution < 1.29 is 19.2 Å². The van der Waals surface area contributed by atoms with Gasteiger partial charge in [-0.15, -0.1) is 0 Å². The zero-order valence-corrected chi connectivity index (χ0v) is 10.6. The Hall–Kier alpha value is -2.48. The van der Waals surface area contributed by atoms with Crippen molar-refractivity contribution in [2.24, 2.45) is 0 Å². The van der Waals surface area contributed by atoms with Crippen LogP contribution >= 0.6 is 11.8 Å². The molecule has 0 spiro atoms. The predicted octanol–water partition coefficient (Wildman–Crippen LogP) is 2.98.